The summed E-state index contributed by atoms with van der Waals surface area (Å²) in [5.74, 6) is -0.227. The molecular weight excluding hydrogens is 270 g/mol. The van der Waals surface area contributed by atoms with E-state index in [9.17, 15) is 9.59 Å². The van der Waals surface area contributed by atoms with Crippen LogP contribution < -0.4 is 16.0 Å². The molecule has 3 N–H and O–H groups in total. The fraction of sp³-hybridized carbons (Fsp3) is 0.467. The van der Waals surface area contributed by atoms with Gasteiger partial charge in [0, 0.05) is 24.3 Å². The normalized spacial score (nSPS) is 18.0. The Labute approximate surface area is 124 Å². The third-order valence-corrected chi connectivity index (χ3v) is 3.19. The lowest BCUT2D eigenvalue weighted by Crippen LogP contribution is -2.48. The topological polar surface area (TPSA) is 79.5 Å². The van der Waals surface area contributed by atoms with Gasteiger partial charge < -0.3 is 20.7 Å². The quantitative estimate of drug-likeness (QED) is 0.748. The van der Waals surface area contributed by atoms with Crippen LogP contribution in [-0.2, 0) is 9.53 Å². The Balaban J connectivity index is 1.89. The summed E-state index contributed by atoms with van der Waals surface area (Å²) in [6, 6.07) is 6.52. The maximum atomic E-state index is 12.0. The molecule has 1 unspecified atom stereocenters. The van der Waals surface area contributed by atoms with Crippen molar-refractivity contribution in [1.82, 2.24) is 10.6 Å². The fourth-order valence-electron chi connectivity index (χ4n) is 2.01. The van der Waals surface area contributed by atoms with E-state index in [1.165, 1.54) is 0 Å². The molecule has 0 bridgehead atoms. The Morgan fingerprint density at radius 1 is 1.33 bits per heavy atom. The minimum Gasteiger partial charge on any atom is -0.378 e. The zero-order valence-corrected chi connectivity index (χ0v) is 12.1. The van der Waals surface area contributed by atoms with Crippen LogP contribution in [-0.4, -0.2) is 44.2 Å². The highest BCUT2D eigenvalue weighted by molar-refractivity contribution is 5.97. The van der Waals surface area contributed by atoms with Gasteiger partial charge in [0.2, 0.25) is 5.91 Å². The van der Waals surface area contributed by atoms with Gasteiger partial charge in [0.25, 0.3) is 5.91 Å². The van der Waals surface area contributed by atoms with Crippen LogP contribution in [0.15, 0.2) is 24.3 Å². The number of benzene rings is 1. The van der Waals surface area contributed by atoms with Crippen LogP contribution >= 0.6 is 0 Å². The molecule has 0 aliphatic carbocycles. The zero-order chi connectivity index (χ0) is 15.1. The maximum Gasteiger partial charge on any atom is 0.251 e. The third kappa shape index (κ3) is 4.54. The average Bonchev–Trinajstić information content (AvgIpc) is 2.54. The molecule has 1 fully saturated rings. The molecule has 1 aromatic carbocycles. The molecule has 2 rings (SSSR count). The summed E-state index contributed by atoms with van der Waals surface area (Å²) in [5.41, 5.74) is 1.25. The van der Waals surface area contributed by atoms with E-state index in [1.54, 1.807) is 24.3 Å². The number of nitrogens with one attached hydrogen (secondary N) is 3. The van der Waals surface area contributed by atoms with Gasteiger partial charge in [-0.2, -0.15) is 0 Å². The molecule has 21 heavy (non-hydrogen) atoms. The van der Waals surface area contributed by atoms with E-state index in [0.29, 0.717) is 37.6 Å². The molecule has 1 heterocycles. The van der Waals surface area contributed by atoms with Crippen LogP contribution in [0.3, 0.4) is 0 Å². The molecule has 1 aliphatic heterocycles. The van der Waals surface area contributed by atoms with E-state index in [0.717, 1.165) is 6.42 Å². The van der Waals surface area contributed by atoms with E-state index in [1.807, 2.05) is 6.92 Å². The van der Waals surface area contributed by atoms with Crippen molar-refractivity contribution in [3.05, 3.63) is 29.8 Å². The minimum atomic E-state index is -0.328. The Hall–Kier alpha value is -1.92. The highest BCUT2D eigenvalue weighted by Gasteiger charge is 2.21. The van der Waals surface area contributed by atoms with E-state index < -0.39 is 0 Å². The Kier molecular flexibility index (Phi) is 5.71. The predicted molar refractivity (Wildman–Crippen MR) is 80.3 cm³/mol. The maximum absolute atomic E-state index is 12.0. The summed E-state index contributed by atoms with van der Waals surface area (Å²) in [6.07, 6.45) is 0.899. The van der Waals surface area contributed by atoms with Gasteiger partial charge in [0.05, 0.1) is 13.2 Å². The average molecular weight is 291 g/mol. The first-order valence-corrected chi connectivity index (χ1v) is 7.21. The molecule has 0 spiro atoms. The molecule has 1 atom stereocenters. The fourth-order valence-corrected chi connectivity index (χ4v) is 2.01. The molecule has 0 aromatic heterocycles. The zero-order valence-electron chi connectivity index (χ0n) is 12.1. The van der Waals surface area contributed by atoms with E-state index in [4.69, 9.17) is 4.74 Å². The summed E-state index contributed by atoms with van der Waals surface area (Å²) >= 11 is 0. The number of hydrogen-bond donors (Lipinski definition) is 3. The van der Waals surface area contributed by atoms with Gasteiger partial charge in [0.1, 0.15) is 6.04 Å². The van der Waals surface area contributed by atoms with Gasteiger partial charge in [-0.25, -0.2) is 0 Å². The number of ether oxygens (including phenoxy) is 1. The monoisotopic (exact) mass is 291 g/mol. The Morgan fingerprint density at radius 3 is 2.71 bits per heavy atom. The molecule has 6 nitrogen and oxygen atoms in total. The highest BCUT2D eigenvalue weighted by atomic mass is 16.5. The van der Waals surface area contributed by atoms with Crippen LogP contribution in [0.5, 0.6) is 0 Å². The summed E-state index contributed by atoms with van der Waals surface area (Å²) in [7, 11) is 0. The molecular formula is C15H21N3O3. The Bertz CT molecular complexity index is 481. The van der Waals surface area contributed by atoms with Crippen LogP contribution in [0.2, 0.25) is 0 Å². The molecule has 2 amide bonds. The molecule has 1 aliphatic rings. The largest absolute Gasteiger partial charge is 0.378 e. The van der Waals surface area contributed by atoms with Gasteiger partial charge in [-0.15, -0.1) is 0 Å². The van der Waals surface area contributed by atoms with Gasteiger partial charge in [-0.1, -0.05) is 6.92 Å². The van der Waals surface area contributed by atoms with Gasteiger partial charge >= 0.3 is 0 Å². The van der Waals surface area contributed by atoms with E-state index in [2.05, 4.69) is 16.0 Å². The summed E-state index contributed by atoms with van der Waals surface area (Å²) in [6.45, 7) is 4.34. The Morgan fingerprint density at radius 2 is 2.10 bits per heavy atom. The second-order valence-electron chi connectivity index (χ2n) is 4.90. The number of carbonyl (C=O) groups is 2. The number of rotatable bonds is 5. The highest BCUT2D eigenvalue weighted by Crippen LogP contribution is 2.10. The van der Waals surface area contributed by atoms with Crippen molar-refractivity contribution in [2.75, 3.05) is 31.6 Å². The van der Waals surface area contributed by atoms with Crippen molar-refractivity contribution < 1.29 is 14.3 Å². The molecule has 114 valence electrons. The summed E-state index contributed by atoms with van der Waals surface area (Å²) in [5, 5.41) is 8.71. The molecule has 1 aromatic rings. The van der Waals surface area contributed by atoms with Crippen molar-refractivity contribution in [2.45, 2.75) is 19.4 Å². The number of anilines is 1. The first-order chi connectivity index (χ1) is 10.2. The van der Waals surface area contributed by atoms with E-state index in [-0.39, 0.29) is 17.9 Å². The first-order valence-electron chi connectivity index (χ1n) is 7.21. The summed E-state index contributed by atoms with van der Waals surface area (Å²) in [4.78, 5) is 23.8. The lowest BCUT2D eigenvalue weighted by Gasteiger charge is -2.22. The number of morpholine rings is 1. The van der Waals surface area contributed by atoms with Crippen molar-refractivity contribution in [2.24, 2.45) is 0 Å². The van der Waals surface area contributed by atoms with Crippen molar-refractivity contribution in [3.8, 4) is 0 Å². The number of amides is 2. The standard InChI is InChI=1S/C15H21N3O3/c1-2-7-17-14(19)11-3-5-12(6-4-11)18-15(20)13-10-21-9-8-16-13/h3-6,13,16H,2,7-10H2,1H3,(H,17,19)(H,18,20). The van der Waals surface area contributed by atoms with Crippen LogP contribution in [0.25, 0.3) is 0 Å². The van der Waals surface area contributed by atoms with Gasteiger partial charge in [-0.05, 0) is 30.7 Å². The number of hydrogen-bond acceptors (Lipinski definition) is 4. The lowest BCUT2D eigenvalue weighted by molar-refractivity contribution is -0.120. The van der Waals surface area contributed by atoms with Crippen molar-refractivity contribution in [3.63, 3.8) is 0 Å². The molecule has 0 radical (unpaired) electrons. The van der Waals surface area contributed by atoms with Crippen LogP contribution in [0.1, 0.15) is 23.7 Å². The van der Waals surface area contributed by atoms with Crippen LogP contribution in [0, 0.1) is 0 Å². The predicted octanol–water partition coefficient (Wildman–Crippen LogP) is 0.753. The minimum absolute atomic E-state index is 0.0999. The lowest BCUT2D eigenvalue weighted by atomic mass is 10.2. The van der Waals surface area contributed by atoms with Crippen molar-refractivity contribution >= 4 is 17.5 Å². The van der Waals surface area contributed by atoms with Gasteiger partial charge in [-0.3, -0.25) is 9.59 Å². The number of carbonyl (C=O) groups excluding carboxylic acids is 2. The second-order valence-corrected chi connectivity index (χ2v) is 4.90. The second kappa shape index (κ2) is 7.75. The first kappa shape index (κ1) is 15.5. The van der Waals surface area contributed by atoms with Gasteiger partial charge in [0.15, 0.2) is 0 Å². The SMILES string of the molecule is CCCNC(=O)c1ccc(NC(=O)C2COCCN2)cc1. The van der Waals surface area contributed by atoms with Crippen molar-refractivity contribution in [1.29, 1.82) is 0 Å². The molecule has 0 saturated carbocycles. The smallest absolute Gasteiger partial charge is 0.251 e. The van der Waals surface area contributed by atoms with Crippen LogP contribution in [0.4, 0.5) is 5.69 Å². The van der Waals surface area contributed by atoms with E-state index >= 15 is 0 Å². The molecule has 6 heteroatoms. The molecule has 1 saturated heterocycles. The summed E-state index contributed by atoms with van der Waals surface area (Å²) < 4.78 is 5.25. The third-order valence-electron chi connectivity index (χ3n) is 3.19.